The third kappa shape index (κ3) is 3.37. The van der Waals surface area contributed by atoms with E-state index in [9.17, 15) is 4.79 Å². The predicted octanol–water partition coefficient (Wildman–Crippen LogP) is 3.32. The summed E-state index contributed by atoms with van der Waals surface area (Å²) in [6, 6.07) is 0. The van der Waals surface area contributed by atoms with Gasteiger partial charge >= 0.3 is 5.97 Å². The van der Waals surface area contributed by atoms with Crippen LogP contribution >= 0.6 is 0 Å². The van der Waals surface area contributed by atoms with Gasteiger partial charge in [-0.25, -0.2) is 4.79 Å². The van der Waals surface area contributed by atoms with Gasteiger partial charge in [0.15, 0.2) is 0 Å². The lowest BCUT2D eigenvalue weighted by Gasteiger charge is -2.33. The highest BCUT2D eigenvalue weighted by atomic mass is 16.5. The molecule has 0 spiro atoms. The number of rotatable bonds is 3. The van der Waals surface area contributed by atoms with Crippen LogP contribution in [0.3, 0.4) is 0 Å². The molecule has 0 amide bonds. The summed E-state index contributed by atoms with van der Waals surface area (Å²) in [4.78, 5) is 11.4. The number of hydrogen-bond donors (Lipinski definition) is 0. The molecule has 0 heterocycles. The summed E-state index contributed by atoms with van der Waals surface area (Å²) in [7, 11) is 0. The van der Waals surface area contributed by atoms with E-state index in [1.165, 1.54) is 12.8 Å². The maximum absolute atomic E-state index is 11.4. The van der Waals surface area contributed by atoms with E-state index in [0.29, 0.717) is 11.5 Å². The second-order valence-corrected chi connectivity index (χ2v) is 4.77. The SMILES string of the molecule is C=C(C)C(=O)OC1CCC(C)C(CC)C1. The molecule has 3 atom stereocenters. The van der Waals surface area contributed by atoms with E-state index in [4.69, 9.17) is 4.74 Å². The van der Waals surface area contributed by atoms with Crippen LogP contribution in [0, 0.1) is 11.8 Å². The third-order valence-corrected chi connectivity index (χ3v) is 3.46. The van der Waals surface area contributed by atoms with E-state index in [1.807, 2.05) is 0 Å². The summed E-state index contributed by atoms with van der Waals surface area (Å²) in [5.74, 6) is 1.25. The largest absolute Gasteiger partial charge is 0.459 e. The Morgan fingerprint density at radius 3 is 2.67 bits per heavy atom. The molecule has 3 unspecified atom stereocenters. The molecule has 0 saturated heterocycles. The van der Waals surface area contributed by atoms with Crippen molar-refractivity contribution in [3.63, 3.8) is 0 Å². The number of hydrogen-bond acceptors (Lipinski definition) is 2. The Bertz CT molecular complexity index is 245. The standard InChI is InChI=1S/C13H22O2/c1-5-11-8-12(7-6-10(11)4)15-13(14)9(2)3/h10-12H,2,5-8H2,1,3-4H3. The minimum Gasteiger partial charge on any atom is -0.459 e. The first kappa shape index (κ1) is 12.3. The minimum atomic E-state index is -0.232. The van der Waals surface area contributed by atoms with Crippen molar-refractivity contribution < 1.29 is 9.53 Å². The number of carbonyl (C=O) groups is 1. The van der Waals surface area contributed by atoms with Crippen LogP contribution in [-0.2, 0) is 9.53 Å². The average Bonchev–Trinajstić information content (AvgIpc) is 2.20. The van der Waals surface area contributed by atoms with Gasteiger partial charge in [-0.15, -0.1) is 0 Å². The van der Waals surface area contributed by atoms with Gasteiger partial charge in [-0.1, -0.05) is 26.8 Å². The fourth-order valence-electron chi connectivity index (χ4n) is 2.30. The first-order valence-corrected chi connectivity index (χ1v) is 5.91. The molecule has 0 radical (unpaired) electrons. The van der Waals surface area contributed by atoms with Gasteiger partial charge < -0.3 is 4.74 Å². The molecule has 0 bridgehead atoms. The van der Waals surface area contributed by atoms with Crippen molar-refractivity contribution in [1.29, 1.82) is 0 Å². The molecule has 15 heavy (non-hydrogen) atoms. The summed E-state index contributed by atoms with van der Waals surface area (Å²) in [5.41, 5.74) is 0.502. The summed E-state index contributed by atoms with van der Waals surface area (Å²) < 4.78 is 5.39. The van der Waals surface area contributed by atoms with Gasteiger partial charge in [0.05, 0.1) is 0 Å². The van der Waals surface area contributed by atoms with Crippen LogP contribution in [0.1, 0.15) is 46.5 Å². The molecule has 0 aromatic carbocycles. The second-order valence-electron chi connectivity index (χ2n) is 4.77. The lowest BCUT2D eigenvalue weighted by molar-refractivity contribution is -0.147. The third-order valence-electron chi connectivity index (χ3n) is 3.46. The Labute approximate surface area is 92.7 Å². The lowest BCUT2D eigenvalue weighted by Crippen LogP contribution is -2.29. The van der Waals surface area contributed by atoms with Crippen molar-refractivity contribution in [1.82, 2.24) is 0 Å². The molecule has 0 aromatic heterocycles. The number of esters is 1. The Morgan fingerprint density at radius 2 is 2.13 bits per heavy atom. The average molecular weight is 210 g/mol. The molecular formula is C13H22O2. The van der Waals surface area contributed by atoms with Crippen LogP contribution in [0.25, 0.3) is 0 Å². The van der Waals surface area contributed by atoms with Crippen LogP contribution in [0.5, 0.6) is 0 Å². The van der Waals surface area contributed by atoms with Gasteiger partial charge in [-0.3, -0.25) is 0 Å². The first-order chi connectivity index (χ1) is 7.04. The van der Waals surface area contributed by atoms with Gasteiger partial charge in [0, 0.05) is 5.57 Å². The maximum Gasteiger partial charge on any atom is 0.333 e. The fraction of sp³-hybridized carbons (Fsp3) is 0.769. The van der Waals surface area contributed by atoms with E-state index in [2.05, 4.69) is 20.4 Å². The van der Waals surface area contributed by atoms with Gasteiger partial charge in [-0.2, -0.15) is 0 Å². The Balaban J connectivity index is 2.45. The van der Waals surface area contributed by atoms with Crippen molar-refractivity contribution in [3.8, 4) is 0 Å². The molecule has 1 saturated carbocycles. The Kier molecular flexibility index (Phi) is 4.37. The highest BCUT2D eigenvalue weighted by Crippen LogP contribution is 2.33. The fourth-order valence-corrected chi connectivity index (χ4v) is 2.30. The van der Waals surface area contributed by atoms with E-state index in [0.717, 1.165) is 18.8 Å². The normalized spacial score (nSPS) is 31.0. The van der Waals surface area contributed by atoms with Crippen LogP contribution in [0.2, 0.25) is 0 Å². The lowest BCUT2D eigenvalue weighted by atomic mass is 9.77. The van der Waals surface area contributed by atoms with Crippen LogP contribution in [0.4, 0.5) is 0 Å². The molecule has 2 nitrogen and oxygen atoms in total. The zero-order valence-corrected chi connectivity index (χ0v) is 10.1. The molecule has 0 N–H and O–H groups in total. The van der Waals surface area contributed by atoms with Crippen molar-refractivity contribution in [3.05, 3.63) is 12.2 Å². The summed E-state index contributed by atoms with van der Waals surface area (Å²) >= 11 is 0. The zero-order chi connectivity index (χ0) is 11.4. The Morgan fingerprint density at radius 1 is 1.47 bits per heavy atom. The van der Waals surface area contributed by atoms with Gasteiger partial charge in [-0.05, 0) is 38.0 Å². The molecule has 2 heteroatoms. The zero-order valence-electron chi connectivity index (χ0n) is 10.1. The topological polar surface area (TPSA) is 26.3 Å². The second kappa shape index (κ2) is 5.34. The molecule has 1 aliphatic carbocycles. The highest BCUT2D eigenvalue weighted by Gasteiger charge is 2.28. The van der Waals surface area contributed by atoms with E-state index < -0.39 is 0 Å². The number of carbonyl (C=O) groups excluding carboxylic acids is 1. The van der Waals surface area contributed by atoms with E-state index >= 15 is 0 Å². The number of ether oxygens (including phenoxy) is 1. The highest BCUT2D eigenvalue weighted by molar-refractivity contribution is 5.87. The monoisotopic (exact) mass is 210 g/mol. The maximum atomic E-state index is 11.4. The minimum absolute atomic E-state index is 0.121. The molecule has 1 fully saturated rings. The molecule has 86 valence electrons. The summed E-state index contributed by atoms with van der Waals surface area (Å²) in [5, 5.41) is 0. The van der Waals surface area contributed by atoms with Crippen molar-refractivity contribution in [2.24, 2.45) is 11.8 Å². The van der Waals surface area contributed by atoms with E-state index in [1.54, 1.807) is 6.92 Å². The summed E-state index contributed by atoms with van der Waals surface area (Å²) in [6.45, 7) is 9.81. The van der Waals surface area contributed by atoms with Crippen LogP contribution in [0.15, 0.2) is 12.2 Å². The molecule has 1 aliphatic rings. The Hall–Kier alpha value is -0.790. The molecule has 0 aliphatic heterocycles. The van der Waals surface area contributed by atoms with Crippen LogP contribution < -0.4 is 0 Å². The quantitative estimate of drug-likeness (QED) is 0.527. The smallest absolute Gasteiger partial charge is 0.333 e. The predicted molar refractivity (Wildman–Crippen MR) is 61.5 cm³/mol. The summed E-state index contributed by atoms with van der Waals surface area (Å²) in [6.07, 6.45) is 4.51. The van der Waals surface area contributed by atoms with Gasteiger partial charge in [0.1, 0.15) is 6.10 Å². The molecular weight excluding hydrogens is 188 g/mol. The molecule has 0 aromatic rings. The first-order valence-electron chi connectivity index (χ1n) is 5.91. The molecule has 1 rings (SSSR count). The van der Waals surface area contributed by atoms with Crippen LogP contribution in [-0.4, -0.2) is 12.1 Å². The van der Waals surface area contributed by atoms with Crippen molar-refractivity contribution >= 4 is 5.97 Å². The van der Waals surface area contributed by atoms with E-state index in [-0.39, 0.29) is 12.1 Å². The van der Waals surface area contributed by atoms with Gasteiger partial charge in [0.25, 0.3) is 0 Å². The van der Waals surface area contributed by atoms with Crippen molar-refractivity contribution in [2.45, 2.75) is 52.6 Å². The van der Waals surface area contributed by atoms with Gasteiger partial charge in [0.2, 0.25) is 0 Å². The van der Waals surface area contributed by atoms with Crippen molar-refractivity contribution in [2.75, 3.05) is 0 Å².